The lowest BCUT2D eigenvalue weighted by Gasteiger charge is -2.33. The van der Waals surface area contributed by atoms with E-state index in [9.17, 15) is 18.0 Å². The van der Waals surface area contributed by atoms with E-state index < -0.39 is 17.8 Å². The second-order valence-corrected chi connectivity index (χ2v) is 11.4. The molecule has 14 heteroatoms. The number of amides is 2. The fourth-order valence-electron chi connectivity index (χ4n) is 5.39. The van der Waals surface area contributed by atoms with Crippen LogP contribution in [-0.2, 0) is 19.8 Å². The number of carbonyl (C=O) groups excluding carboxylic acids is 1. The van der Waals surface area contributed by atoms with Crippen molar-refractivity contribution in [2.45, 2.75) is 12.7 Å². The lowest BCUT2D eigenvalue weighted by atomic mass is 10.0. The number of nitrogens with zero attached hydrogens (tertiary/aromatic N) is 6. The lowest BCUT2D eigenvalue weighted by Crippen LogP contribution is -2.45. The van der Waals surface area contributed by atoms with Crippen LogP contribution in [0.4, 0.5) is 35.4 Å². The topological polar surface area (TPSA) is 115 Å². The highest BCUT2D eigenvalue weighted by atomic mass is 19.4. The monoisotopic (exact) mass is 608 g/mol. The molecule has 2 amide bonds. The Morgan fingerprint density at radius 3 is 2.55 bits per heavy atom. The summed E-state index contributed by atoms with van der Waals surface area (Å²) in [5.74, 6) is 1.42. The number of benzene rings is 2. The number of urea groups is 1. The number of hydrogen-bond acceptors (Lipinski definition) is 8. The molecule has 2 aliphatic rings. The van der Waals surface area contributed by atoms with Crippen molar-refractivity contribution in [3.05, 3.63) is 59.8 Å². The molecule has 11 nitrogen and oxygen atoms in total. The third-order valence-corrected chi connectivity index (χ3v) is 8.07. The van der Waals surface area contributed by atoms with E-state index in [0.717, 1.165) is 61.0 Å². The summed E-state index contributed by atoms with van der Waals surface area (Å²) in [7, 11) is 3.74. The Morgan fingerprint density at radius 2 is 1.82 bits per heavy atom. The average molecular weight is 609 g/mol. The molecule has 2 fully saturated rings. The number of rotatable bonds is 8. The van der Waals surface area contributed by atoms with E-state index in [0.29, 0.717) is 25.0 Å². The van der Waals surface area contributed by atoms with Crippen LogP contribution in [0.5, 0.6) is 0 Å². The van der Waals surface area contributed by atoms with Crippen molar-refractivity contribution >= 4 is 34.4 Å². The molecule has 2 aliphatic heterocycles. The number of alkyl halides is 3. The molecule has 2 aromatic heterocycles. The molecule has 0 bridgehead atoms. The predicted molar refractivity (Wildman–Crippen MR) is 163 cm³/mol. The normalized spacial score (nSPS) is 16.6. The van der Waals surface area contributed by atoms with Gasteiger partial charge in [0.25, 0.3) is 0 Å². The molecule has 4 heterocycles. The van der Waals surface area contributed by atoms with Crippen molar-refractivity contribution in [3.8, 4) is 11.3 Å². The minimum Gasteiger partial charge on any atom is -0.354 e. The van der Waals surface area contributed by atoms with Crippen LogP contribution in [-0.4, -0.2) is 88.4 Å². The van der Waals surface area contributed by atoms with E-state index in [-0.39, 0.29) is 23.6 Å². The molecule has 4 N–H and O–H groups in total. The quantitative estimate of drug-likeness (QED) is 0.237. The summed E-state index contributed by atoms with van der Waals surface area (Å²) in [5.41, 5.74) is 1.84. The van der Waals surface area contributed by atoms with E-state index in [1.807, 2.05) is 30.1 Å². The summed E-state index contributed by atoms with van der Waals surface area (Å²) in [5, 5.41) is 16.9. The first-order valence-corrected chi connectivity index (χ1v) is 14.6. The van der Waals surface area contributed by atoms with Crippen molar-refractivity contribution in [1.82, 2.24) is 34.9 Å². The molecule has 0 radical (unpaired) electrons. The van der Waals surface area contributed by atoms with E-state index >= 15 is 0 Å². The Hall–Kier alpha value is -4.27. The van der Waals surface area contributed by atoms with Gasteiger partial charge in [0.2, 0.25) is 5.95 Å². The number of likely N-dealkylation sites (N-methyl/N-ethyl adjacent to an activating group) is 1. The Labute approximate surface area is 252 Å². The molecule has 2 saturated heterocycles. The van der Waals surface area contributed by atoms with Crippen molar-refractivity contribution < 1.29 is 18.0 Å². The fraction of sp³-hybridized carbons (Fsp3) is 0.400. The number of nitrogens with one attached hydrogen (secondary N) is 4. The van der Waals surface area contributed by atoms with E-state index in [2.05, 4.69) is 41.2 Å². The molecule has 2 aromatic carbocycles. The van der Waals surface area contributed by atoms with Crippen molar-refractivity contribution in [2.75, 3.05) is 68.8 Å². The predicted octanol–water partition coefficient (Wildman–Crippen LogP) is 4.07. The van der Waals surface area contributed by atoms with Gasteiger partial charge in [0.1, 0.15) is 0 Å². The first kappa shape index (κ1) is 29.8. The maximum atomic E-state index is 14.0. The van der Waals surface area contributed by atoms with Gasteiger partial charge in [-0.1, -0.05) is 12.1 Å². The molecule has 0 atom stereocenters. The highest BCUT2D eigenvalue weighted by Crippen LogP contribution is 2.35. The number of piperazine rings is 1. The van der Waals surface area contributed by atoms with Crippen LogP contribution in [0.1, 0.15) is 11.1 Å². The number of carbonyl (C=O) groups is 1. The smallest absolute Gasteiger partial charge is 0.354 e. The van der Waals surface area contributed by atoms with E-state index in [1.165, 1.54) is 12.1 Å². The van der Waals surface area contributed by atoms with Gasteiger partial charge in [-0.05, 0) is 36.9 Å². The summed E-state index contributed by atoms with van der Waals surface area (Å²) in [6.07, 6.45) is -2.79. The van der Waals surface area contributed by atoms with Crippen LogP contribution in [0.25, 0.3) is 22.2 Å². The van der Waals surface area contributed by atoms with Gasteiger partial charge in [0.15, 0.2) is 5.82 Å². The molecule has 6 rings (SSSR count). The standard InChI is InChI=1S/C30H35F3N10O/c1-41-7-9-43(10-8-41)18-21-3-5-23(12-24(21)30(31,32)33)37-29(44)39-27-13-26(42(2)40-27)20-4-6-25-22(11-20)17-36-28(38-25)35-16-19-14-34-15-19/h3-6,11-13,17,19,34H,7-10,14-16,18H2,1-2H3,(H,35,36,38)(H2,37,39,40,44). The number of fused-ring (bicyclic) bond motifs is 1. The minimum atomic E-state index is -4.55. The molecule has 0 spiro atoms. The van der Waals surface area contributed by atoms with Crippen LogP contribution in [0.3, 0.4) is 0 Å². The number of halogens is 3. The summed E-state index contributed by atoms with van der Waals surface area (Å²) in [6.45, 7) is 6.03. The zero-order chi connectivity index (χ0) is 30.8. The van der Waals surface area contributed by atoms with Crippen molar-refractivity contribution in [2.24, 2.45) is 13.0 Å². The average Bonchev–Trinajstić information content (AvgIpc) is 3.32. The van der Waals surface area contributed by atoms with Crippen LogP contribution in [0, 0.1) is 5.92 Å². The van der Waals surface area contributed by atoms with Gasteiger partial charge in [-0.25, -0.2) is 14.8 Å². The molecule has 0 unspecified atom stereocenters. The molecular formula is C30H35F3N10O. The van der Waals surface area contributed by atoms with Gasteiger partial charge in [0, 0.05) is 94.2 Å². The second kappa shape index (κ2) is 12.4. The first-order valence-electron chi connectivity index (χ1n) is 14.6. The highest BCUT2D eigenvalue weighted by Gasteiger charge is 2.34. The SMILES string of the molecule is CN1CCN(Cc2ccc(NC(=O)Nc3cc(-c4ccc5nc(NCC6CNC6)ncc5c4)n(C)n3)cc2C(F)(F)F)CC1. The molecule has 4 aromatic rings. The van der Waals surface area contributed by atoms with Gasteiger partial charge >= 0.3 is 12.2 Å². The summed E-state index contributed by atoms with van der Waals surface area (Å²) >= 11 is 0. The van der Waals surface area contributed by atoms with Crippen molar-refractivity contribution in [3.63, 3.8) is 0 Å². The van der Waals surface area contributed by atoms with Gasteiger partial charge in [-0.2, -0.15) is 18.3 Å². The number of aromatic nitrogens is 4. The van der Waals surface area contributed by atoms with Crippen LogP contribution in [0.2, 0.25) is 0 Å². The molecule has 44 heavy (non-hydrogen) atoms. The zero-order valence-corrected chi connectivity index (χ0v) is 24.6. The van der Waals surface area contributed by atoms with Crippen LogP contribution < -0.4 is 21.3 Å². The zero-order valence-electron chi connectivity index (χ0n) is 24.6. The fourth-order valence-corrected chi connectivity index (χ4v) is 5.39. The third-order valence-electron chi connectivity index (χ3n) is 8.07. The molecule has 0 aliphatic carbocycles. The first-order chi connectivity index (χ1) is 21.1. The number of anilines is 3. The summed E-state index contributed by atoms with van der Waals surface area (Å²) in [6, 6.07) is 10.7. The van der Waals surface area contributed by atoms with Crippen LogP contribution >= 0.6 is 0 Å². The van der Waals surface area contributed by atoms with Gasteiger partial charge < -0.3 is 20.9 Å². The number of hydrogen-bond donors (Lipinski definition) is 4. The lowest BCUT2D eigenvalue weighted by molar-refractivity contribution is -0.138. The van der Waals surface area contributed by atoms with E-state index in [4.69, 9.17) is 0 Å². The molecular weight excluding hydrogens is 573 g/mol. The maximum absolute atomic E-state index is 14.0. The Morgan fingerprint density at radius 1 is 1.02 bits per heavy atom. The maximum Gasteiger partial charge on any atom is 0.416 e. The van der Waals surface area contributed by atoms with Gasteiger partial charge in [0.05, 0.1) is 16.8 Å². The number of aryl methyl sites for hydroxylation is 1. The largest absolute Gasteiger partial charge is 0.416 e. The summed E-state index contributed by atoms with van der Waals surface area (Å²) < 4.78 is 43.5. The highest BCUT2D eigenvalue weighted by molar-refractivity contribution is 5.99. The Balaban J connectivity index is 1.11. The molecule has 232 valence electrons. The van der Waals surface area contributed by atoms with Gasteiger partial charge in [-0.3, -0.25) is 14.9 Å². The second-order valence-electron chi connectivity index (χ2n) is 11.4. The van der Waals surface area contributed by atoms with Crippen molar-refractivity contribution in [1.29, 1.82) is 0 Å². The van der Waals surface area contributed by atoms with E-state index in [1.54, 1.807) is 24.0 Å². The minimum absolute atomic E-state index is 0.0425. The molecule has 0 saturated carbocycles. The third kappa shape index (κ3) is 6.93. The van der Waals surface area contributed by atoms with Crippen LogP contribution in [0.15, 0.2) is 48.7 Å². The Kier molecular flexibility index (Phi) is 8.38. The van der Waals surface area contributed by atoms with Gasteiger partial charge in [-0.15, -0.1) is 0 Å². The Bertz CT molecular complexity index is 1640. The summed E-state index contributed by atoms with van der Waals surface area (Å²) in [4.78, 5) is 26.0.